The van der Waals surface area contributed by atoms with E-state index in [0.29, 0.717) is 28.9 Å². The highest BCUT2D eigenvalue weighted by molar-refractivity contribution is 6.00. The van der Waals surface area contributed by atoms with Crippen LogP contribution in [0.5, 0.6) is 0 Å². The number of carbonyl (C=O) groups is 2. The number of carbonyl (C=O) groups excluding carboxylic acids is 2. The van der Waals surface area contributed by atoms with Crippen molar-refractivity contribution in [3.8, 4) is 0 Å². The maximum absolute atomic E-state index is 12.3. The van der Waals surface area contributed by atoms with Gasteiger partial charge in [-0.05, 0) is 18.8 Å². The number of aromatic nitrogens is 3. The van der Waals surface area contributed by atoms with Gasteiger partial charge in [0.15, 0.2) is 11.4 Å². The Morgan fingerprint density at radius 1 is 1.38 bits per heavy atom. The van der Waals surface area contributed by atoms with Crippen LogP contribution in [0.2, 0.25) is 0 Å². The molecule has 3 rings (SSSR count). The average Bonchev–Trinajstić information content (AvgIpc) is 2.73. The largest absolute Gasteiger partial charge is 0.465 e. The van der Waals surface area contributed by atoms with Crippen molar-refractivity contribution in [1.29, 1.82) is 0 Å². The highest BCUT2D eigenvalue weighted by Gasteiger charge is 2.34. The number of rotatable bonds is 1. The standard InChI is InChI=1S/C15H17N3O3/c1-8-12(14(20)21-4)13-16-7-9-10(18(13)17-8)5-15(2,3)6-11(9)19/h7H,5-6H2,1-4H3. The summed E-state index contributed by atoms with van der Waals surface area (Å²) in [6.07, 6.45) is 2.77. The fourth-order valence-electron chi connectivity index (χ4n) is 2.93. The maximum atomic E-state index is 12.3. The van der Waals surface area contributed by atoms with E-state index in [2.05, 4.69) is 23.9 Å². The summed E-state index contributed by atoms with van der Waals surface area (Å²) in [6.45, 7) is 5.85. The minimum atomic E-state index is -0.462. The van der Waals surface area contributed by atoms with Gasteiger partial charge in [-0.2, -0.15) is 5.10 Å². The summed E-state index contributed by atoms with van der Waals surface area (Å²) in [5, 5.41) is 4.40. The van der Waals surface area contributed by atoms with Crippen molar-refractivity contribution >= 4 is 17.4 Å². The molecule has 0 N–H and O–H groups in total. The van der Waals surface area contributed by atoms with Crippen LogP contribution in [0.25, 0.3) is 5.65 Å². The van der Waals surface area contributed by atoms with Gasteiger partial charge in [-0.25, -0.2) is 14.3 Å². The molecule has 1 aliphatic carbocycles. The quantitative estimate of drug-likeness (QED) is 0.750. The first-order chi connectivity index (χ1) is 9.84. The molecule has 0 aliphatic heterocycles. The number of Topliss-reactive ketones (excluding diaryl/α,β-unsaturated/α-hetero) is 1. The second kappa shape index (κ2) is 4.38. The number of esters is 1. The molecule has 1 aliphatic rings. The fraction of sp³-hybridized carbons (Fsp3) is 0.467. The third kappa shape index (κ3) is 2.02. The molecule has 0 bridgehead atoms. The third-order valence-electron chi connectivity index (χ3n) is 3.89. The van der Waals surface area contributed by atoms with Crippen molar-refractivity contribution in [1.82, 2.24) is 14.6 Å². The zero-order valence-electron chi connectivity index (χ0n) is 12.6. The molecule has 6 nitrogen and oxygen atoms in total. The maximum Gasteiger partial charge on any atom is 0.343 e. The summed E-state index contributed by atoms with van der Waals surface area (Å²) in [5.74, 6) is -0.389. The second-order valence-electron chi connectivity index (χ2n) is 6.25. The third-order valence-corrected chi connectivity index (χ3v) is 3.89. The number of fused-ring (bicyclic) bond motifs is 3. The molecular weight excluding hydrogens is 270 g/mol. The van der Waals surface area contributed by atoms with E-state index in [1.54, 1.807) is 17.6 Å². The number of ether oxygens (including phenoxy) is 1. The predicted molar refractivity (Wildman–Crippen MR) is 75.5 cm³/mol. The van der Waals surface area contributed by atoms with E-state index >= 15 is 0 Å². The lowest BCUT2D eigenvalue weighted by atomic mass is 9.76. The van der Waals surface area contributed by atoms with Crippen LogP contribution in [0.1, 0.15) is 52.4 Å². The van der Waals surface area contributed by atoms with Crippen molar-refractivity contribution in [3.63, 3.8) is 0 Å². The van der Waals surface area contributed by atoms with E-state index in [0.717, 1.165) is 12.1 Å². The van der Waals surface area contributed by atoms with Crippen molar-refractivity contribution in [2.75, 3.05) is 7.11 Å². The zero-order chi connectivity index (χ0) is 15.4. The highest BCUT2D eigenvalue weighted by Crippen LogP contribution is 2.35. The molecular formula is C15H17N3O3. The van der Waals surface area contributed by atoms with E-state index in [4.69, 9.17) is 4.74 Å². The molecule has 6 heteroatoms. The van der Waals surface area contributed by atoms with Gasteiger partial charge in [0, 0.05) is 12.6 Å². The van der Waals surface area contributed by atoms with Crippen LogP contribution < -0.4 is 0 Å². The first kappa shape index (κ1) is 13.7. The first-order valence-electron chi connectivity index (χ1n) is 6.83. The lowest BCUT2D eigenvalue weighted by Gasteiger charge is -2.29. The molecule has 2 heterocycles. The Hall–Kier alpha value is -2.24. The molecule has 2 aromatic heterocycles. The number of hydrogen-bond donors (Lipinski definition) is 0. The number of nitrogens with zero attached hydrogens (tertiary/aromatic N) is 3. The number of methoxy groups -OCH3 is 1. The van der Waals surface area contributed by atoms with E-state index < -0.39 is 5.97 Å². The van der Waals surface area contributed by atoms with Crippen LogP contribution >= 0.6 is 0 Å². The summed E-state index contributed by atoms with van der Waals surface area (Å²) >= 11 is 0. The Kier molecular flexibility index (Phi) is 2.86. The van der Waals surface area contributed by atoms with Gasteiger partial charge >= 0.3 is 5.97 Å². The smallest absolute Gasteiger partial charge is 0.343 e. The summed E-state index contributed by atoms with van der Waals surface area (Å²) in [5.41, 5.74) is 2.66. The minimum Gasteiger partial charge on any atom is -0.465 e. The molecule has 0 saturated heterocycles. The normalized spacial score (nSPS) is 16.9. The predicted octanol–water partition coefficient (Wildman–Crippen LogP) is 1.98. The minimum absolute atomic E-state index is 0.0726. The van der Waals surface area contributed by atoms with Crippen LogP contribution in [0.15, 0.2) is 6.20 Å². The Morgan fingerprint density at radius 3 is 2.76 bits per heavy atom. The van der Waals surface area contributed by atoms with Gasteiger partial charge in [0.05, 0.1) is 24.1 Å². The topological polar surface area (TPSA) is 73.6 Å². The van der Waals surface area contributed by atoms with Gasteiger partial charge in [-0.15, -0.1) is 0 Å². The van der Waals surface area contributed by atoms with Crippen LogP contribution in [0, 0.1) is 12.3 Å². The summed E-state index contributed by atoms with van der Waals surface area (Å²) in [6, 6.07) is 0. The van der Waals surface area contributed by atoms with Crippen LogP contribution in [-0.4, -0.2) is 33.5 Å². The summed E-state index contributed by atoms with van der Waals surface area (Å²) in [4.78, 5) is 28.4. The molecule has 0 spiro atoms. The van der Waals surface area contributed by atoms with Gasteiger partial charge in [-0.1, -0.05) is 13.8 Å². The Balaban J connectivity index is 2.30. The fourth-order valence-corrected chi connectivity index (χ4v) is 2.93. The van der Waals surface area contributed by atoms with Crippen LogP contribution in [0.3, 0.4) is 0 Å². The number of hydrogen-bond acceptors (Lipinski definition) is 5. The monoisotopic (exact) mass is 287 g/mol. The Labute approximate surface area is 122 Å². The summed E-state index contributed by atoms with van der Waals surface area (Å²) < 4.78 is 6.41. The first-order valence-corrected chi connectivity index (χ1v) is 6.83. The molecule has 0 aromatic carbocycles. The Bertz CT molecular complexity index is 774. The average molecular weight is 287 g/mol. The van der Waals surface area contributed by atoms with Crippen molar-refractivity contribution < 1.29 is 14.3 Å². The van der Waals surface area contributed by atoms with Gasteiger partial charge in [-0.3, -0.25) is 4.79 Å². The molecule has 2 aromatic rings. The number of ketones is 1. The molecule has 0 saturated carbocycles. The second-order valence-corrected chi connectivity index (χ2v) is 6.25. The molecule has 110 valence electrons. The lowest BCUT2D eigenvalue weighted by molar-refractivity contribution is 0.0601. The molecule has 0 unspecified atom stereocenters. The van der Waals surface area contributed by atoms with Crippen LogP contribution in [-0.2, 0) is 11.2 Å². The Morgan fingerprint density at radius 2 is 2.10 bits per heavy atom. The SMILES string of the molecule is COC(=O)c1c(C)nn2c3c(cnc12)C(=O)CC(C)(C)C3. The molecule has 0 fully saturated rings. The van der Waals surface area contributed by atoms with E-state index in [-0.39, 0.29) is 11.2 Å². The summed E-state index contributed by atoms with van der Waals surface area (Å²) in [7, 11) is 1.33. The lowest BCUT2D eigenvalue weighted by Crippen LogP contribution is -2.29. The van der Waals surface area contributed by atoms with E-state index in [1.807, 2.05) is 0 Å². The van der Waals surface area contributed by atoms with Gasteiger partial charge in [0.1, 0.15) is 5.56 Å². The van der Waals surface area contributed by atoms with Crippen molar-refractivity contribution in [2.24, 2.45) is 5.41 Å². The van der Waals surface area contributed by atoms with Crippen molar-refractivity contribution in [2.45, 2.75) is 33.6 Å². The highest BCUT2D eigenvalue weighted by atomic mass is 16.5. The molecule has 21 heavy (non-hydrogen) atoms. The van der Waals surface area contributed by atoms with Crippen LogP contribution in [0.4, 0.5) is 0 Å². The van der Waals surface area contributed by atoms with E-state index in [9.17, 15) is 9.59 Å². The number of aryl methyl sites for hydroxylation is 1. The van der Waals surface area contributed by atoms with Gasteiger partial charge in [0.2, 0.25) is 0 Å². The van der Waals surface area contributed by atoms with E-state index in [1.165, 1.54) is 7.11 Å². The molecule has 0 radical (unpaired) electrons. The van der Waals surface area contributed by atoms with Gasteiger partial charge in [0.25, 0.3) is 0 Å². The van der Waals surface area contributed by atoms with Crippen molar-refractivity contribution in [3.05, 3.63) is 28.7 Å². The van der Waals surface area contributed by atoms with Gasteiger partial charge < -0.3 is 4.74 Å². The molecule has 0 amide bonds. The molecule has 0 atom stereocenters. The zero-order valence-corrected chi connectivity index (χ0v) is 12.6.